The summed E-state index contributed by atoms with van der Waals surface area (Å²) < 4.78 is 10.4. The maximum Gasteiger partial charge on any atom is 0.131 e. The average molecular weight is 499 g/mol. The molecule has 6 rings (SSSR count). The van der Waals surface area contributed by atoms with E-state index in [2.05, 4.69) is 34.2 Å². The number of aromatic amines is 2. The number of nitrogens with one attached hydrogen (secondary N) is 2. The van der Waals surface area contributed by atoms with Gasteiger partial charge in [-0.05, 0) is 82.9 Å². The summed E-state index contributed by atoms with van der Waals surface area (Å²) in [5, 5.41) is 0. The summed E-state index contributed by atoms with van der Waals surface area (Å²) in [4.78, 5) is 16.3. The molecule has 38 heavy (non-hydrogen) atoms. The number of hydrogen-bond acceptors (Lipinski definition) is 4. The lowest BCUT2D eigenvalue weighted by Crippen LogP contribution is -1.81. The van der Waals surface area contributed by atoms with Crippen LogP contribution in [0.5, 0.6) is 11.5 Å². The molecule has 6 aromatic rings. The summed E-state index contributed by atoms with van der Waals surface area (Å²) in [6, 6.07) is 28.4. The number of nitrogens with zero attached hydrogens (tertiary/aromatic N) is 2. The predicted octanol–water partition coefficient (Wildman–Crippen LogP) is 7.46. The zero-order chi connectivity index (χ0) is 25.9. The lowest BCUT2D eigenvalue weighted by Gasteiger charge is -2.01. The number of fused-ring (bicyclic) bond motifs is 2. The molecule has 6 heteroatoms. The van der Waals surface area contributed by atoms with E-state index in [0.29, 0.717) is 0 Å². The predicted molar refractivity (Wildman–Crippen MR) is 155 cm³/mol. The Hall–Kier alpha value is -5.10. The third-order valence-electron chi connectivity index (χ3n) is 6.43. The maximum atomic E-state index is 5.22. The second-order valence-electron chi connectivity index (χ2n) is 8.92. The van der Waals surface area contributed by atoms with Gasteiger partial charge in [-0.3, -0.25) is 0 Å². The molecule has 0 aliphatic rings. The van der Waals surface area contributed by atoms with Crippen molar-refractivity contribution in [1.82, 2.24) is 19.9 Å². The van der Waals surface area contributed by atoms with Crippen LogP contribution in [0.2, 0.25) is 0 Å². The summed E-state index contributed by atoms with van der Waals surface area (Å²) in [7, 11) is 3.33. The van der Waals surface area contributed by atoms with Crippen molar-refractivity contribution in [3.05, 3.63) is 108 Å². The normalized spacial score (nSPS) is 11.7. The molecule has 0 bridgehead atoms. The highest BCUT2D eigenvalue weighted by molar-refractivity contribution is 5.88. The molecule has 0 aliphatic carbocycles. The Labute approximate surface area is 220 Å². The molecule has 2 N–H and O–H groups in total. The summed E-state index contributed by atoms with van der Waals surface area (Å²) in [6.45, 7) is 0. The Bertz CT molecular complexity index is 1640. The SMILES string of the molecule is COc1ccc(C=Cc2nc3ccc(-c4ccc5nc(C=Cc6ccc(OC)cc6)[nH]c5c4)cc3[nH]2)cc1. The minimum atomic E-state index is 0.810. The van der Waals surface area contributed by atoms with Crippen molar-refractivity contribution < 1.29 is 9.47 Å². The number of H-pyrrole nitrogens is 2. The second-order valence-corrected chi connectivity index (χ2v) is 8.92. The highest BCUT2D eigenvalue weighted by atomic mass is 16.5. The fourth-order valence-electron chi connectivity index (χ4n) is 4.36. The lowest BCUT2D eigenvalue weighted by atomic mass is 10.0. The molecular formula is C32H26N4O2. The molecule has 0 fully saturated rings. The minimum absolute atomic E-state index is 0.810. The molecular weight excluding hydrogens is 472 g/mol. The maximum absolute atomic E-state index is 5.22. The Morgan fingerprint density at radius 2 is 0.947 bits per heavy atom. The summed E-state index contributed by atoms with van der Waals surface area (Å²) in [6.07, 6.45) is 8.04. The number of aromatic nitrogens is 4. The van der Waals surface area contributed by atoms with Crippen molar-refractivity contribution in [1.29, 1.82) is 0 Å². The summed E-state index contributed by atoms with van der Waals surface area (Å²) in [5.41, 5.74) is 8.22. The lowest BCUT2D eigenvalue weighted by molar-refractivity contribution is 0.414. The van der Waals surface area contributed by atoms with Crippen LogP contribution in [-0.2, 0) is 0 Å². The zero-order valence-corrected chi connectivity index (χ0v) is 21.1. The highest BCUT2D eigenvalue weighted by Gasteiger charge is 2.07. The van der Waals surface area contributed by atoms with Crippen molar-refractivity contribution >= 4 is 46.4 Å². The van der Waals surface area contributed by atoms with Crippen LogP contribution in [0.25, 0.3) is 57.5 Å². The average Bonchev–Trinajstić information content (AvgIpc) is 3.58. The van der Waals surface area contributed by atoms with Crippen molar-refractivity contribution in [2.45, 2.75) is 0 Å². The van der Waals surface area contributed by atoms with Gasteiger partial charge >= 0.3 is 0 Å². The first-order valence-corrected chi connectivity index (χ1v) is 12.3. The molecule has 0 atom stereocenters. The molecule has 186 valence electrons. The van der Waals surface area contributed by atoms with Gasteiger partial charge in [-0.2, -0.15) is 0 Å². The van der Waals surface area contributed by atoms with Crippen LogP contribution >= 0.6 is 0 Å². The first kappa shape index (κ1) is 23.3. The van der Waals surface area contributed by atoms with Crippen LogP contribution in [-0.4, -0.2) is 34.2 Å². The van der Waals surface area contributed by atoms with Gasteiger partial charge in [-0.1, -0.05) is 48.6 Å². The number of ether oxygens (including phenoxy) is 2. The van der Waals surface area contributed by atoms with Crippen molar-refractivity contribution in [2.24, 2.45) is 0 Å². The molecule has 0 radical (unpaired) electrons. The van der Waals surface area contributed by atoms with Gasteiger partial charge in [0.2, 0.25) is 0 Å². The zero-order valence-electron chi connectivity index (χ0n) is 21.1. The Morgan fingerprint density at radius 1 is 0.526 bits per heavy atom. The number of rotatable bonds is 7. The second kappa shape index (κ2) is 10.1. The van der Waals surface area contributed by atoms with Crippen LogP contribution in [0.4, 0.5) is 0 Å². The Kier molecular flexibility index (Phi) is 6.20. The third kappa shape index (κ3) is 4.92. The Morgan fingerprint density at radius 3 is 1.34 bits per heavy atom. The van der Waals surface area contributed by atoms with Crippen molar-refractivity contribution in [3.8, 4) is 22.6 Å². The standard InChI is InChI=1S/C32H26N4O2/c1-37-25-11-3-21(4-12-25)7-17-31-33-27-15-9-23(19-29(27)35-31)24-10-16-28-30(20-24)36-32(34-28)18-8-22-5-13-26(38-2)14-6-22/h3-20H,1-2H3,(H,33,35)(H,34,36). The Balaban J connectivity index is 1.22. The topological polar surface area (TPSA) is 75.8 Å². The largest absolute Gasteiger partial charge is 0.497 e. The first-order chi connectivity index (χ1) is 18.7. The summed E-state index contributed by atoms with van der Waals surface area (Å²) in [5.74, 6) is 3.30. The molecule has 2 aromatic heterocycles. The van der Waals surface area contributed by atoms with E-state index >= 15 is 0 Å². The van der Waals surface area contributed by atoms with E-state index in [4.69, 9.17) is 19.4 Å². The smallest absolute Gasteiger partial charge is 0.131 e. The molecule has 0 unspecified atom stereocenters. The molecule has 4 aromatic carbocycles. The third-order valence-corrected chi connectivity index (χ3v) is 6.43. The van der Waals surface area contributed by atoms with E-state index in [1.54, 1.807) is 14.2 Å². The van der Waals surface area contributed by atoms with Gasteiger partial charge in [0.15, 0.2) is 0 Å². The van der Waals surface area contributed by atoms with Crippen LogP contribution in [0.1, 0.15) is 22.8 Å². The van der Waals surface area contributed by atoms with E-state index in [-0.39, 0.29) is 0 Å². The first-order valence-electron chi connectivity index (χ1n) is 12.3. The van der Waals surface area contributed by atoms with Gasteiger partial charge in [0.05, 0.1) is 36.3 Å². The van der Waals surface area contributed by atoms with Gasteiger partial charge in [-0.15, -0.1) is 0 Å². The molecule has 0 spiro atoms. The number of methoxy groups -OCH3 is 2. The monoisotopic (exact) mass is 498 g/mol. The molecule has 2 heterocycles. The van der Waals surface area contributed by atoms with E-state index in [0.717, 1.165) is 67.5 Å². The van der Waals surface area contributed by atoms with Crippen LogP contribution < -0.4 is 9.47 Å². The molecule has 0 amide bonds. The van der Waals surface area contributed by atoms with Crippen molar-refractivity contribution in [2.75, 3.05) is 14.2 Å². The van der Waals surface area contributed by atoms with E-state index in [1.807, 2.05) is 85.0 Å². The van der Waals surface area contributed by atoms with Crippen molar-refractivity contribution in [3.63, 3.8) is 0 Å². The van der Waals surface area contributed by atoms with E-state index in [1.165, 1.54) is 0 Å². The minimum Gasteiger partial charge on any atom is -0.497 e. The van der Waals surface area contributed by atoms with Gasteiger partial charge in [0.1, 0.15) is 23.1 Å². The van der Waals surface area contributed by atoms with E-state index in [9.17, 15) is 0 Å². The molecule has 0 saturated carbocycles. The van der Waals surface area contributed by atoms with Gasteiger partial charge in [0, 0.05) is 0 Å². The van der Waals surface area contributed by atoms with Gasteiger partial charge in [-0.25, -0.2) is 9.97 Å². The highest BCUT2D eigenvalue weighted by Crippen LogP contribution is 2.27. The number of hydrogen-bond donors (Lipinski definition) is 2. The summed E-state index contributed by atoms with van der Waals surface area (Å²) >= 11 is 0. The van der Waals surface area contributed by atoms with Gasteiger partial charge < -0.3 is 19.4 Å². The molecule has 0 aliphatic heterocycles. The van der Waals surface area contributed by atoms with Crippen LogP contribution in [0, 0.1) is 0 Å². The fraction of sp³-hybridized carbons (Fsp3) is 0.0625. The molecule has 0 saturated heterocycles. The number of benzene rings is 4. The fourth-order valence-corrected chi connectivity index (χ4v) is 4.36. The number of imidazole rings is 2. The van der Waals surface area contributed by atoms with Crippen LogP contribution in [0.15, 0.2) is 84.9 Å². The molecule has 6 nitrogen and oxygen atoms in total. The van der Waals surface area contributed by atoms with Crippen LogP contribution in [0.3, 0.4) is 0 Å². The van der Waals surface area contributed by atoms with Gasteiger partial charge in [0.25, 0.3) is 0 Å². The quantitative estimate of drug-likeness (QED) is 0.239. The van der Waals surface area contributed by atoms with E-state index < -0.39 is 0 Å².